The third-order valence-corrected chi connectivity index (χ3v) is 2.54. The summed E-state index contributed by atoms with van der Waals surface area (Å²) in [7, 11) is 0. The molecular weight excluding hydrogens is 268 g/mol. The molecule has 0 heterocycles. The molecule has 2 nitrogen and oxygen atoms in total. The number of allylic oxidation sites excluding steroid dienone is 2. The van der Waals surface area contributed by atoms with Gasteiger partial charge in [-0.15, -0.1) is 6.58 Å². The summed E-state index contributed by atoms with van der Waals surface area (Å²) in [5.41, 5.74) is 0.867. The molecule has 1 aromatic carbocycles. The smallest absolute Gasteiger partial charge is 0.308 e. The zero-order valence-electron chi connectivity index (χ0n) is 9.07. The van der Waals surface area contributed by atoms with E-state index < -0.39 is 0 Å². The molecule has 0 aliphatic heterocycles. The van der Waals surface area contributed by atoms with Gasteiger partial charge < -0.3 is 4.74 Å². The van der Waals surface area contributed by atoms with E-state index in [9.17, 15) is 4.79 Å². The van der Waals surface area contributed by atoms with Crippen molar-refractivity contribution in [1.29, 1.82) is 0 Å². The Kier molecular flexibility index (Phi) is 4.99. The maximum absolute atomic E-state index is 11.0. The fourth-order valence-electron chi connectivity index (χ4n) is 1.22. The lowest BCUT2D eigenvalue weighted by molar-refractivity contribution is -0.134. The van der Waals surface area contributed by atoms with Crippen LogP contribution < -0.4 is 0 Å². The highest BCUT2D eigenvalue weighted by molar-refractivity contribution is 9.11. The van der Waals surface area contributed by atoms with Gasteiger partial charge in [0.1, 0.15) is 5.76 Å². The van der Waals surface area contributed by atoms with Crippen LogP contribution in [-0.4, -0.2) is 5.97 Å². The maximum Gasteiger partial charge on any atom is 0.308 e. The summed E-state index contributed by atoms with van der Waals surface area (Å²) >= 11 is 3.40. The number of esters is 1. The van der Waals surface area contributed by atoms with E-state index >= 15 is 0 Å². The van der Waals surface area contributed by atoms with Crippen molar-refractivity contribution >= 4 is 27.7 Å². The van der Waals surface area contributed by atoms with Crippen molar-refractivity contribution in [2.45, 2.75) is 13.3 Å². The van der Waals surface area contributed by atoms with Gasteiger partial charge in [-0.1, -0.05) is 52.3 Å². The Morgan fingerprint density at radius 3 is 2.56 bits per heavy atom. The second kappa shape index (κ2) is 6.28. The van der Waals surface area contributed by atoms with Crippen molar-refractivity contribution in [1.82, 2.24) is 0 Å². The molecule has 1 aromatic rings. The van der Waals surface area contributed by atoms with Crippen molar-refractivity contribution in [2.24, 2.45) is 0 Å². The monoisotopic (exact) mass is 280 g/mol. The van der Waals surface area contributed by atoms with Gasteiger partial charge in [0.2, 0.25) is 0 Å². The number of hydrogen-bond acceptors (Lipinski definition) is 2. The van der Waals surface area contributed by atoms with Crippen LogP contribution in [0.1, 0.15) is 18.9 Å². The van der Waals surface area contributed by atoms with Crippen LogP contribution in [0.5, 0.6) is 0 Å². The number of carbonyl (C=O) groups excluding carboxylic acids is 1. The van der Waals surface area contributed by atoms with E-state index in [0.29, 0.717) is 12.2 Å². The lowest BCUT2D eigenvalue weighted by atomic mass is 10.1. The van der Waals surface area contributed by atoms with E-state index in [1.165, 1.54) is 6.92 Å². The SMILES string of the molecule is C=CC/C(Br)=C(/OC(C)=O)c1ccccc1. The molecule has 0 spiro atoms. The first-order valence-electron chi connectivity index (χ1n) is 4.88. The van der Waals surface area contributed by atoms with Crippen LogP contribution in [0.15, 0.2) is 47.5 Å². The fraction of sp³-hybridized carbons (Fsp3) is 0.154. The summed E-state index contributed by atoms with van der Waals surface area (Å²) in [5, 5.41) is 0. The number of benzene rings is 1. The van der Waals surface area contributed by atoms with Crippen molar-refractivity contribution in [3.63, 3.8) is 0 Å². The van der Waals surface area contributed by atoms with E-state index in [1.807, 2.05) is 30.3 Å². The van der Waals surface area contributed by atoms with E-state index in [1.54, 1.807) is 6.08 Å². The minimum absolute atomic E-state index is 0.333. The molecule has 0 aliphatic carbocycles. The van der Waals surface area contributed by atoms with Gasteiger partial charge in [0.25, 0.3) is 0 Å². The Morgan fingerprint density at radius 1 is 1.44 bits per heavy atom. The van der Waals surface area contributed by atoms with Gasteiger partial charge in [0, 0.05) is 23.4 Å². The van der Waals surface area contributed by atoms with Gasteiger partial charge in [0.15, 0.2) is 0 Å². The highest BCUT2D eigenvalue weighted by Crippen LogP contribution is 2.26. The minimum atomic E-state index is -0.333. The van der Waals surface area contributed by atoms with E-state index in [4.69, 9.17) is 4.74 Å². The zero-order valence-corrected chi connectivity index (χ0v) is 10.7. The molecule has 3 heteroatoms. The van der Waals surface area contributed by atoms with Crippen LogP contribution in [0.2, 0.25) is 0 Å². The molecule has 0 saturated heterocycles. The Bertz CT molecular complexity index is 407. The molecule has 0 N–H and O–H groups in total. The van der Waals surface area contributed by atoms with Crippen molar-refractivity contribution in [3.8, 4) is 0 Å². The van der Waals surface area contributed by atoms with Gasteiger partial charge in [-0.3, -0.25) is 4.79 Å². The Labute approximate surface area is 104 Å². The summed E-state index contributed by atoms with van der Waals surface area (Å²) in [6, 6.07) is 9.49. The molecule has 0 bridgehead atoms. The van der Waals surface area contributed by atoms with Crippen molar-refractivity contribution in [2.75, 3.05) is 0 Å². The molecular formula is C13H13BrO2. The number of halogens is 1. The topological polar surface area (TPSA) is 26.3 Å². The third-order valence-electron chi connectivity index (χ3n) is 1.85. The van der Waals surface area contributed by atoms with Crippen LogP contribution in [0, 0.1) is 0 Å². The molecule has 0 aromatic heterocycles. The Hall–Kier alpha value is -1.35. The molecule has 16 heavy (non-hydrogen) atoms. The molecule has 0 saturated carbocycles. The van der Waals surface area contributed by atoms with Crippen LogP contribution in [-0.2, 0) is 9.53 Å². The fourth-order valence-corrected chi connectivity index (χ4v) is 1.76. The molecule has 1 rings (SSSR count). The van der Waals surface area contributed by atoms with Gasteiger partial charge in [-0.05, 0) is 0 Å². The largest absolute Gasteiger partial charge is 0.425 e. The quantitative estimate of drug-likeness (QED) is 0.475. The summed E-state index contributed by atoms with van der Waals surface area (Å²) in [6.07, 6.45) is 2.37. The molecule has 0 aliphatic rings. The predicted molar refractivity (Wildman–Crippen MR) is 68.9 cm³/mol. The highest BCUT2D eigenvalue weighted by atomic mass is 79.9. The zero-order chi connectivity index (χ0) is 12.0. The Balaban J connectivity index is 3.10. The molecule has 84 valence electrons. The van der Waals surface area contributed by atoms with Crippen LogP contribution >= 0.6 is 15.9 Å². The lowest BCUT2D eigenvalue weighted by Gasteiger charge is -2.09. The summed E-state index contributed by atoms with van der Waals surface area (Å²) in [5.74, 6) is 0.216. The third kappa shape index (κ3) is 3.66. The minimum Gasteiger partial charge on any atom is -0.425 e. The molecule has 0 atom stereocenters. The molecule has 0 unspecified atom stereocenters. The van der Waals surface area contributed by atoms with Crippen molar-refractivity contribution in [3.05, 3.63) is 53.0 Å². The first-order valence-corrected chi connectivity index (χ1v) is 5.68. The van der Waals surface area contributed by atoms with E-state index in [-0.39, 0.29) is 5.97 Å². The van der Waals surface area contributed by atoms with Gasteiger partial charge in [-0.25, -0.2) is 0 Å². The van der Waals surface area contributed by atoms with Crippen LogP contribution in [0.25, 0.3) is 5.76 Å². The normalized spacial score (nSPS) is 11.6. The maximum atomic E-state index is 11.0. The van der Waals surface area contributed by atoms with Gasteiger partial charge >= 0.3 is 5.97 Å². The summed E-state index contributed by atoms with van der Waals surface area (Å²) in [4.78, 5) is 11.0. The second-order valence-electron chi connectivity index (χ2n) is 3.19. The first kappa shape index (κ1) is 12.7. The van der Waals surface area contributed by atoms with Gasteiger partial charge in [-0.2, -0.15) is 0 Å². The van der Waals surface area contributed by atoms with E-state index in [2.05, 4.69) is 22.5 Å². The first-order chi connectivity index (χ1) is 7.65. The van der Waals surface area contributed by atoms with Crippen molar-refractivity contribution < 1.29 is 9.53 Å². The number of hydrogen-bond donors (Lipinski definition) is 0. The lowest BCUT2D eigenvalue weighted by Crippen LogP contribution is -2.00. The summed E-state index contributed by atoms with van der Waals surface area (Å²) < 4.78 is 6.01. The van der Waals surface area contributed by atoms with E-state index in [0.717, 1.165) is 10.0 Å². The number of carbonyl (C=O) groups is 1. The molecule has 0 fully saturated rings. The number of ether oxygens (including phenoxy) is 1. The standard InChI is InChI=1S/C13H13BrO2/c1-3-7-12(14)13(16-10(2)15)11-8-5-4-6-9-11/h3-6,8-9H,1,7H2,2H3/b13-12-. The van der Waals surface area contributed by atoms with Crippen LogP contribution in [0.3, 0.4) is 0 Å². The Morgan fingerprint density at radius 2 is 2.06 bits per heavy atom. The molecule has 0 amide bonds. The average molecular weight is 281 g/mol. The van der Waals surface area contributed by atoms with Crippen LogP contribution in [0.4, 0.5) is 0 Å². The van der Waals surface area contributed by atoms with Gasteiger partial charge in [0.05, 0.1) is 0 Å². The average Bonchev–Trinajstić information content (AvgIpc) is 2.27. The summed E-state index contributed by atoms with van der Waals surface area (Å²) in [6.45, 7) is 5.04. The molecule has 0 radical (unpaired) electrons. The number of rotatable bonds is 4. The predicted octanol–water partition coefficient (Wildman–Crippen LogP) is 3.89. The highest BCUT2D eigenvalue weighted by Gasteiger charge is 2.10. The second-order valence-corrected chi connectivity index (χ2v) is 4.14.